The molecule has 2 heteroatoms. The number of fused-ring (bicyclic) bond motifs is 1. The Hall–Kier alpha value is -1.02. The average Bonchev–Trinajstić information content (AvgIpc) is 2.78. The Bertz CT molecular complexity index is 282. The highest BCUT2D eigenvalue weighted by Crippen LogP contribution is 2.24. The molecule has 1 heterocycles. The molecule has 0 saturated carbocycles. The molecule has 0 aliphatic carbocycles. The lowest BCUT2D eigenvalue weighted by molar-refractivity contribution is 0.734. The molecule has 17 heavy (non-hydrogen) atoms. The van der Waals surface area contributed by atoms with E-state index < -0.39 is 0 Å². The van der Waals surface area contributed by atoms with Crippen LogP contribution >= 0.6 is 0 Å². The molecule has 1 aromatic rings. The minimum absolute atomic E-state index is 0.964. The molecule has 0 atom stereocenters. The highest BCUT2D eigenvalue weighted by molar-refractivity contribution is 5.56. The van der Waals surface area contributed by atoms with Crippen LogP contribution in [0, 0.1) is 6.92 Å². The molecule has 1 N–H and O–H groups in total. The molecule has 1 aliphatic heterocycles. The number of aryl methyl sites for hydroxylation is 1. The number of hydrazine groups is 1. The lowest BCUT2D eigenvalue weighted by Crippen LogP contribution is -2.26. The number of rotatable bonds is 0. The molecular formula is C15H30N2. The van der Waals surface area contributed by atoms with Crippen LogP contribution in [-0.2, 0) is 6.54 Å². The minimum atomic E-state index is 0.964. The van der Waals surface area contributed by atoms with Crippen LogP contribution in [0.1, 0.15) is 52.7 Å². The molecule has 100 valence electrons. The zero-order valence-corrected chi connectivity index (χ0v) is 12.9. The van der Waals surface area contributed by atoms with Crippen molar-refractivity contribution in [3.63, 3.8) is 0 Å². The van der Waals surface area contributed by atoms with Crippen molar-refractivity contribution in [2.75, 3.05) is 12.1 Å². The Morgan fingerprint density at radius 1 is 1.00 bits per heavy atom. The Kier molecular flexibility index (Phi) is 12.4. The van der Waals surface area contributed by atoms with E-state index in [-0.39, 0.29) is 0 Å². The molecular weight excluding hydrogens is 208 g/mol. The Morgan fingerprint density at radius 3 is 2.06 bits per heavy atom. The van der Waals surface area contributed by atoms with Gasteiger partial charge in [-0.05, 0) is 24.1 Å². The Morgan fingerprint density at radius 2 is 1.53 bits per heavy atom. The number of anilines is 1. The molecule has 0 amide bonds. The standard InChI is InChI=1S/C9H12N2.3C2H6/c1-7-3-4-8-6-10-11(2)9(8)5-7;3*1-2/h3-5,10H,6H2,1-2H3;3*1-2H3. The monoisotopic (exact) mass is 238 g/mol. The van der Waals surface area contributed by atoms with Crippen LogP contribution < -0.4 is 10.4 Å². The van der Waals surface area contributed by atoms with Crippen molar-refractivity contribution in [3.8, 4) is 0 Å². The molecule has 1 aliphatic rings. The van der Waals surface area contributed by atoms with Gasteiger partial charge in [0.25, 0.3) is 0 Å². The first-order valence-corrected chi connectivity index (χ1v) is 6.84. The van der Waals surface area contributed by atoms with Gasteiger partial charge >= 0.3 is 0 Å². The van der Waals surface area contributed by atoms with Crippen LogP contribution in [0.15, 0.2) is 18.2 Å². The summed E-state index contributed by atoms with van der Waals surface area (Å²) in [4.78, 5) is 0. The van der Waals surface area contributed by atoms with Gasteiger partial charge in [-0.2, -0.15) is 0 Å². The second-order valence-electron chi connectivity index (χ2n) is 3.03. The maximum absolute atomic E-state index is 3.25. The van der Waals surface area contributed by atoms with Crippen LogP contribution in [-0.4, -0.2) is 7.05 Å². The van der Waals surface area contributed by atoms with E-state index in [9.17, 15) is 0 Å². The quantitative estimate of drug-likeness (QED) is 0.714. The van der Waals surface area contributed by atoms with Crippen molar-refractivity contribution in [1.82, 2.24) is 5.43 Å². The van der Waals surface area contributed by atoms with E-state index in [1.165, 1.54) is 16.8 Å². The molecule has 0 saturated heterocycles. The maximum Gasteiger partial charge on any atom is 0.0564 e. The summed E-state index contributed by atoms with van der Waals surface area (Å²) < 4.78 is 0. The van der Waals surface area contributed by atoms with Gasteiger partial charge in [-0.25, -0.2) is 5.43 Å². The number of nitrogens with zero attached hydrogens (tertiary/aromatic N) is 1. The van der Waals surface area contributed by atoms with Crippen LogP contribution in [0.4, 0.5) is 5.69 Å². The molecule has 0 unspecified atom stereocenters. The Labute approximate surface area is 108 Å². The zero-order chi connectivity index (χ0) is 13.8. The second-order valence-corrected chi connectivity index (χ2v) is 3.03. The number of nitrogens with one attached hydrogen (secondary N) is 1. The molecule has 0 aromatic heterocycles. The van der Waals surface area contributed by atoms with Crippen molar-refractivity contribution in [2.24, 2.45) is 0 Å². The van der Waals surface area contributed by atoms with Gasteiger partial charge in [0.2, 0.25) is 0 Å². The number of hydrogen-bond acceptors (Lipinski definition) is 2. The van der Waals surface area contributed by atoms with Crippen molar-refractivity contribution >= 4 is 5.69 Å². The van der Waals surface area contributed by atoms with E-state index in [2.05, 4.69) is 35.6 Å². The lowest BCUT2D eigenvalue weighted by atomic mass is 10.1. The first-order valence-electron chi connectivity index (χ1n) is 6.84. The van der Waals surface area contributed by atoms with Crippen LogP contribution in [0.2, 0.25) is 0 Å². The molecule has 0 bridgehead atoms. The predicted octanol–water partition coefficient (Wildman–Crippen LogP) is 4.53. The van der Waals surface area contributed by atoms with E-state index in [1.807, 2.05) is 48.6 Å². The summed E-state index contributed by atoms with van der Waals surface area (Å²) in [7, 11) is 2.05. The smallest absolute Gasteiger partial charge is 0.0564 e. The topological polar surface area (TPSA) is 15.3 Å². The van der Waals surface area contributed by atoms with E-state index in [0.717, 1.165) is 6.54 Å². The SMILES string of the molecule is CC.CC.CC.Cc1ccc2c(c1)N(C)NC2. The highest BCUT2D eigenvalue weighted by atomic mass is 15.5. The zero-order valence-electron chi connectivity index (χ0n) is 12.9. The summed E-state index contributed by atoms with van der Waals surface area (Å²) in [5, 5.41) is 2.07. The van der Waals surface area contributed by atoms with Crippen molar-refractivity contribution in [3.05, 3.63) is 29.3 Å². The van der Waals surface area contributed by atoms with Crippen LogP contribution in [0.3, 0.4) is 0 Å². The number of benzene rings is 1. The van der Waals surface area contributed by atoms with Crippen molar-refractivity contribution in [1.29, 1.82) is 0 Å². The van der Waals surface area contributed by atoms with E-state index in [4.69, 9.17) is 0 Å². The minimum Gasteiger partial charge on any atom is -0.311 e. The average molecular weight is 238 g/mol. The lowest BCUT2D eigenvalue weighted by Gasteiger charge is -2.11. The fourth-order valence-electron chi connectivity index (χ4n) is 1.42. The summed E-state index contributed by atoms with van der Waals surface area (Å²) in [6.07, 6.45) is 0. The summed E-state index contributed by atoms with van der Waals surface area (Å²) in [6.45, 7) is 15.1. The predicted molar refractivity (Wildman–Crippen MR) is 80.5 cm³/mol. The molecule has 1 aromatic carbocycles. The highest BCUT2D eigenvalue weighted by Gasteiger charge is 2.13. The third-order valence-corrected chi connectivity index (χ3v) is 2.11. The van der Waals surface area contributed by atoms with Gasteiger partial charge in [-0.15, -0.1) is 0 Å². The van der Waals surface area contributed by atoms with Gasteiger partial charge in [0.15, 0.2) is 0 Å². The normalized spacial score (nSPS) is 10.9. The van der Waals surface area contributed by atoms with Crippen molar-refractivity contribution in [2.45, 2.75) is 55.0 Å². The van der Waals surface area contributed by atoms with E-state index >= 15 is 0 Å². The summed E-state index contributed by atoms with van der Waals surface area (Å²) in [5.74, 6) is 0. The molecule has 0 radical (unpaired) electrons. The summed E-state index contributed by atoms with van der Waals surface area (Å²) in [6, 6.07) is 6.54. The third-order valence-electron chi connectivity index (χ3n) is 2.11. The van der Waals surface area contributed by atoms with Gasteiger partial charge < -0.3 is 5.01 Å². The Balaban J connectivity index is 0. The molecule has 0 spiro atoms. The summed E-state index contributed by atoms with van der Waals surface area (Å²) >= 11 is 0. The first-order chi connectivity index (χ1) is 8.27. The second kappa shape index (κ2) is 11.5. The van der Waals surface area contributed by atoms with Crippen molar-refractivity contribution < 1.29 is 0 Å². The van der Waals surface area contributed by atoms with Gasteiger partial charge in [0.1, 0.15) is 0 Å². The van der Waals surface area contributed by atoms with Crippen LogP contribution in [0.5, 0.6) is 0 Å². The van der Waals surface area contributed by atoms with Crippen LogP contribution in [0.25, 0.3) is 0 Å². The van der Waals surface area contributed by atoms with Gasteiger partial charge in [-0.3, -0.25) is 0 Å². The van der Waals surface area contributed by atoms with Gasteiger partial charge in [0.05, 0.1) is 5.69 Å². The van der Waals surface area contributed by atoms with Gasteiger partial charge in [0, 0.05) is 13.6 Å². The number of hydrogen-bond donors (Lipinski definition) is 1. The van der Waals surface area contributed by atoms with Gasteiger partial charge in [-0.1, -0.05) is 53.7 Å². The molecule has 2 rings (SSSR count). The summed E-state index contributed by atoms with van der Waals surface area (Å²) in [5.41, 5.74) is 7.26. The fraction of sp³-hybridized carbons (Fsp3) is 0.600. The molecule has 0 fully saturated rings. The van der Waals surface area contributed by atoms with E-state index in [0.29, 0.717) is 0 Å². The van der Waals surface area contributed by atoms with E-state index in [1.54, 1.807) is 0 Å². The largest absolute Gasteiger partial charge is 0.311 e. The maximum atomic E-state index is 3.25. The first kappa shape index (κ1) is 18.3. The molecule has 2 nitrogen and oxygen atoms in total. The fourth-order valence-corrected chi connectivity index (χ4v) is 1.42. The third kappa shape index (κ3) is 5.73.